The van der Waals surface area contributed by atoms with Gasteiger partial charge in [-0.05, 0) is 52.9 Å². The van der Waals surface area contributed by atoms with Crippen molar-refractivity contribution in [1.29, 1.82) is 0 Å². The zero-order valence-electron chi connectivity index (χ0n) is 9.51. The molecule has 0 aliphatic heterocycles. The number of hydrogen-bond acceptors (Lipinski definition) is 1. The van der Waals surface area contributed by atoms with E-state index in [2.05, 4.69) is 21.2 Å². The van der Waals surface area contributed by atoms with Gasteiger partial charge < -0.3 is 5.32 Å². The number of benzene rings is 1. The topological polar surface area (TPSA) is 29.1 Å². The van der Waals surface area contributed by atoms with Crippen LogP contribution < -0.4 is 5.32 Å². The maximum Gasteiger partial charge on any atom is 0.251 e. The summed E-state index contributed by atoms with van der Waals surface area (Å²) in [4.78, 5) is 11.8. The second-order valence-corrected chi connectivity index (χ2v) is 5.73. The maximum absolute atomic E-state index is 11.8. The molecule has 0 spiro atoms. The molecule has 2 rings (SSSR count). The molecule has 4 heteroatoms. The van der Waals surface area contributed by atoms with E-state index in [0.29, 0.717) is 10.6 Å². The monoisotopic (exact) mass is 315 g/mol. The van der Waals surface area contributed by atoms with Crippen molar-refractivity contribution in [2.24, 2.45) is 5.92 Å². The summed E-state index contributed by atoms with van der Waals surface area (Å²) in [5, 5.41) is 3.55. The summed E-state index contributed by atoms with van der Waals surface area (Å²) in [6.07, 6.45) is 5.06. The van der Waals surface area contributed by atoms with E-state index >= 15 is 0 Å². The largest absolute Gasteiger partial charge is 0.352 e. The molecule has 92 valence electrons. The van der Waals surface area contributed by atoms with Gasteiger partial charge in [0.2, 0.25) is 0 Å². The first-order valence-electron chi connectivity index (χ1n) is 5.90. The first-order chi connectivity index (χ1) is 8.16. The highest BCUT2D eigenvalue weighted by Gasteiger charge is 2.20. The van der Waals surface area contributed by atoms with Crippen LogP contribution in [-0.2, 0) is 0 Å². The summed E-state index contributed by atoms with van der Waals surface area (Å²) in [6.45, 7) is 0.760. The Balaban J connectivity index is 1.79. The van der Waals surface area contributed by atoms with E-state index in [0.717, 1.165) is 23.4 Å². The Bertz CT molecular complexity index is 418. The number of rotatable bonds is 5. The Hall–Kier alpha value is -0.540. The average Bonchev–Trinajstić information content (AvgIpc) is 3.12. The zero-order valence-corrected chi connectivity index (χ0v) is 11.9. The van der Waals surface area contributed by atoms with E-state index in [-0.39, 0.29) is 5.91 Å². The molecule has 1 aromatic rings. The van der Waals surface area contributed by atoms with Crippen LogP contribution in [0.2, 0.25) is 5.02 Å². The van der Waals surface area contributed by atoms with Crippen LogP contribution in [0.15, 0.2) is 22.7 Å². The molecular formula is C13H15BrClNO. The van der Waals surface area contributed by atoms with Crippen LogP contribution in [0.4, 0.5) is 0 Å². The van der Waals surface area contributed by atoms with Gasteiger partial charge in [0.15, 0.2) is 0 Å². The predicted octanol–water partition coefficient (Wildman–Crippen LogP) is 4.02. The lowest BCUT2D eigenvalue weighted by Crippen LogP contribution is -2.24. The van der Waals surface area contributed by atoms with Gasteiger partial charge in [-0.25, -0.2) is 0 Å². The van der Waals surface area contributed by atoms with Crippen molar-refractivity contribution in [2.45, 2.75) is 25.7 Å². The highest BCUT2D eigenvalue weighted by molar-refractivity contribution is 9.10. The van der Waals surface area contributed by atoms with Gasteiger partial charge in [-0.1, -0.05) is 24.4 Å². The van der Waals surface area contributed by atoms with Crippen LogP contribution in [0.25, 0.3) is 0 Å². The number of halogens is 2. The normalized spacial score (nSPS) is 14.7. The summed E-state index contributed by atoms with van der Waals surface area (Å²) in [6, 6.07) is 5.21. The van der Waals surface area contributed by atoms with Crippen molar-refractivity contribution in [2.75, 3.05) is 6.54 Å². The smallest absolute Gasteiger partial charge is 0.251 e. The van der Waals surface area contributed by atoms with Crippen molar-refractivity contribution < 1.29 is 4.79 Å². The van der Waals surface area contributed by atoms with Gasteiger partial charge in [0.25, 0.3) is 5.91 Å². The Kier molecular flexibility index (Phi) is 4.46. The van der Waals surface area contributed by atoms with Crippen LogP contribution in [0.1, 0.15) is 36.0 Å². The Labute approximate surface area is 115 Å². The van der Waals surface area contributed by atoms with Crippen LogP contribution in [0.3, 0.4) is 0 Å². The summed E-state index contributed by atoms with van der Waals surface area (Å²) >= 11 is 9.19. The molecule has 0 radical (unpaired) electrons. The van der Waals surface area contributed by atoms with E-state index in [9.17, 15) is 4.79 Å². The Morgan fingerprint density at radius 3 is 2.88 bits per heavy atom. The van der Waals surface area contributed by atoms with Crippen LogP contribution in [0, 0.1) is 5.92 Å². The lowest BCUT2D eigenvalue weighted by molar-refractivity contribution is 0.0953. The lowest BCUT2D eigenvalue weighted by Gasteiger charge is -2.05. The van der Waals surface area contributed by atoms with Crippen LogP contribution in [-0.4, -0.2) is 12.5 Å². The van der Waals surface area contributed by atoms with Gasteiger partial charge in [-0.15, -0.1) is 0 Å². The number of amides is 1. The maximum atomic E-state index is 11.8. The van der Waals surface area contributed by atoms with Crippen molar-refractivity contribution >= 4 is 33.4 Å². The van der Waals surface area contributed by atoms with Gasteiger partial charge in [0.1, 0.15) is 0 Å². The summed E-state index contributed by atoms with van der Waals surface area (Å²) < 4.78 is 0.754. The second-order valence-electron chi connectivity index (χ2n) is 4.47. The van der Waals surface area contributed by atoms with Crippen molar-refractivity contribution in [3.05, 3.63) is 33.3 Å². The fourth-order valence-electron chi connectivity index (χ4n) is 1.74. The van der Waals surface area contributed by atoms with Crippen LogP contribution in [0.5, 0.6) is 0 Å². The molecule has 1 N–H and O–H groups in total. The highest BCUT2D eigenvalue weighted by atomic mass is 79.9. The third-order valence-electron chi connectivity index (χ3n) is 2.95. The van der Waals surface area contributed by atoms with Gasteiger partial charge in [0, 0.05) is 16.6 Å². The highest BCUT2D eigenvalue weighted by Crippen LogP contribution is 2.33. The fraction of sp³-hybridized carbons (Fsp3) is 0.462. The number of hydrogen-bond donors (Lipinski definition) is 1. The average molecular weight is 317 g/mol. The minimum Gasteiger partial charge on any atom is -0.352 e. The van der Waals surface area contributed by atoms with Gasteiger partial charge in [0.05, 0.1) is 5.02 Å². The summed E-state index contributed by atoms with van der Waals surface area (Å²) in [5.74, 6) is 0.898. The first-order valence-corrected chi connectivity index (χ1v) is 7.07. The standard InChI is InChI=1S/C13H15BrClNO/c14-11-8-10(5-6-12(11)15)13(17)16-7-1-2-9-3-4-9/h5-6,8-9H,1-4,7H2,(H,16,17). The van der Waals surface area contributed by atoms with E-state index in [1.54, 1.807) is 18.2 Å². The summed E-state index contributed by atoms with van der Waals surface area (Å²) in [5.41, 5.74) is 0.646. The molecule has 1 aromatic carbocycles. The minimum absolute atomic E-state index is 0.0295. The third-order valence-corrected chi connectivity index (χ3v) is 4.17. The molecule has 1 saturated carbocycles. The molecule has 0 unspecified atom stereocenters. The van der Waals surface area contributed by atoms with Crippen molar-refractivity contribution in [3.8, 4) is 0 Å². The molecule has 1 aliphatic rings. The van der Waals surface area contributed by atoms with E-state index < -0.39 is 0 Å². The van der Waals surface area contributed by atoms with E-state index in [4.69, 9.17) is 11.6 Å². The first kappa shape index (κ1) is 12.9. The SMILES string of the molecule is O=C(NCCCC1CC1)c1ccc(Cl)c(Br)c1. The Morgan fingerprint density at radius 1 is 1.47 bits per heavy atom. The lowest BCUT2D eigenvalue weighted by atomic mass is 10.2. The van der Waals surface area contributed by atoms with Crippen molar-refractivity contribution in [3.63, 3.8) is 0 Å². The van der Waals surface area contributed by atoms with Gasteiger partial charge >= 0.3 is 0 Å². The second kappa shape index (κ2) is 5.87. The Morgan fingerprint density at radius 2 is 2.24 bits per heavy atom. The molecule has 1 amide bonds. The quantitative estimate of drug-likeness (QED) is 0.817. The van der Waals surface area contributed by atoms with Crippen LogP contribution >= 0.6 is 27.5 Å². The van der Waals surface area contributed by atoms with Crippen molar-refractivity contribution in [1.82, 2.24) is 5.32 Å². The number of carbonyl (C=O) groups excluding carboxylic acids is 1. The molecule has 1 fully saturated rings. The van der Waals surface area contributed by atoms with E-state index in [1.165, 1.54) is 19.3 Å². The molecule has 0 bridgehead atoms. The number of nitrogens with one attached hydrogen (secondary N) is 1. The minimum atomic E-state index is -0.0295. The molecule has 1 aliphatic carbocycles. The molecule has 0 aromatic heterocycles. The fourth-order valence-corrected chi connectivity index (χ4v) is 2.23. The molecular weight excluding hydrogens is 302 g/mol. The van der Waals surface area contributed by atoms with Gasteiger partial charge in [-0.3, -0.25) is 4.79 Å². The molecule has 0 heterocycles. The predicted molar refractivity (Wildman–Crippen MR) is 73.4 cm³/mol. The van der Waals surface area contributed by atoms with E-state index in [1.807, 2.05) is 0 Å². The zero-order chi connectivity index (χ0) is 12.3. The van der Waals surface area contributed by atoms with Gasteiger partial charge in [-0.2, -0.15) is 0 Å². The molecule has 17 heavy (non-hydrogen) atoms. The molecule has 0 atom stereocenters. The number of carbonyl (C=O) groups is 1. The molecule has 0 saturated heterocycles. The summed E-state index contributed by atoms with van der Waals surface area (Å²) in [7, 11) is 0. The third kappa shape index (κ3) is 4.00. The molecule has 2 nitrogen and oxygen atoms in total.